The van der Waals surface area contributed by atoms with Crippen molar-refractivity contribution in [2.24, 2.45) is 0 Å². The molecule has 1 heterocycles. The summed E-state index contributed by atoms with van der Waals surface area (Å²) in [6.07, 6.45) is 4.10. The molecule has 1 unspecified atom stereocenters. The van der Waals surface area contributed by atoms with Crippen molar-refractivity contribution in [1.29, 1.82) is 5.26 Å². The van der Waals surface area contributed by atoms with Crippen LogP contribution in [0.25, 0.3) is 0 Å². The lowest BCUT2D eigenvalue weighted by Gasteiger charge is -2.14. The lowest BCUT2D eigenvalue weighted by Crippen LogP contribution is -2.24. The maximum atomic E-state index is 9.07. The average molecular weight is 230 g/mol. The second kappa shape index (κ2) is 5.81. The first-order valence-electron chi connectivity index (χ1n) is 6.19. The Morgan fingerprint density at radius 3 is 2.94 bits per heavy atom. The summed E-state index contributed by atoms with van der Waals surface area (Å²) >= 11 is 0. The molecule has 3 heteroatoms. The molecule has 1 atom stereocenters. The van der Waals surface area contributed by atoms with E-state index < -0.39 is 0 Å². The van der Waals surface area contributed by atoms with Gasteiger partial charge in [-0.3, -0.25) is 0 Å². The predicted octanol–water partition coefficient (Wildman–Crippen LogP) is 1.39. The van der Waals surface area contributed by atoms with Gasteiger partial charge in [-0.05, 0) is 55.5 Å². The molecule has 3 nitrogen and oxygen atoms in total. The van der Waals surface area contributed by atoms with E-state index >= 15 is 0 Å². The second-order valence-electron chi connectivity index (χ2n) is 4.57. The molecule has 0 aromatic heterocycles. The van der Waals surface area contributed by atoms with E-state index in [9.17, 15) is 0 Å². The molecule has 1 saturated heterocycles. The van der Waals surface area contributed by atoms with Crippen LogP contribution in [0.2, 0.25) is 0 Å². The molecule has 0 bridgehead atoms. The van der Waals surface area contributed by atoms with Gasteiger partial charge >= 0.3 is 0 Å². The molecule has 1 aliphatic heterocycles. The van der Waals surface area contributed by atoms with Crippen LogP contribution >= 0.6 is 0 Å². The Balaban J connectivity index is 2.16. The summed E-state index contributed by atoms with van der Waals surface area (Å²) in [6, 6.07) is 8.51. The van der Waals surface area contributed by atoms with Crippen LogP contribution in [0.15, 0.2) is 18.2 Å². The third-order valence-electron chi connectivity index (χ3n) is 3.35. The Morgan fingerprint density at radius 1 is 1.41 bits per heavy atom. The van der Waals surface area contributed by atoms with Gasteiger partial charge in [-0.25, -0.2) is 0 Å². The van der Waals surface area contributed by atoms with Gasteiger partial charge in [0.2, 0.25) is 0 Å². The summed E-state index contributed by atoms with van der Waals surface area (Å²) in [5, 5.41) is 21.4. The summed E-state index contributed by atoms with van der Waals surface area (Å²) in [6.45, 7) is 1.25. The monoisotopic (exact) mass is 230 g/mol. The Bertz CT molecular complexity index is 417. The van der Waals surface area contributed by atoms with Crippen molar-refractivity contribution < 1.29 is 5.11 Å². The molecule has 0 amide bonds. The SMILES string of the molecule is N#Cc1ccc(CC2CCCN2)c(CCO)c1. The van der Waals surface area contributed by atoms with Gasteiger partial charge in [0.05, 0.1) is 11.6 Å². The molecular formula is C14H18N2O. The van der Waals surface area contributed by atoms with E-state index in [1.165, 1.54) is 18.4 Å². The van der Waals surface area contributed by atoms with Gasteiger partial charge < -0.3 is 10.4 Å². The van der Waals surface area contributed by atoms with Crippen molar-refractivity contribution in [2.75, 3.05) is 13.2 Å². The topological polar surface area (TPSA) is 56.0 Å². The number of nitrogens with one attached hydrogen (secondary N) is 1. The Labute approximate surface area is 102 Å². The summed E-state index contributed by atoms with van der Waals surface area (Å²) in [5.41, 5.74) is 3.05. The normalized spacial score (nSPS) is 19.2. The first-order chi connectivity index (χ1) is 8.33. The first kappa shape index (κ1) is 12.1. The van der Waals surface area contributed by atoms with Crippen molar-refractivity contribution >= 4 is 0 Å². The van der Waals surface area contributed by atoms with Gasteiger partial charge in [-0.1, -0.05) is 6.07 Å². The molecule has 1 aliphatic rings. The van der Waals surface area contributed by atoms with E-state index in [2.05, 4.69) is 11.4 Å². The molecule has 0 saturated carbocycles. The van der Waals surface area contributed by atoms with Gasteiger partial charge in [0.25, 0.3) is 0 Å². The minimum Gasteiger partial charge on any atom is -0.396 e. The van der Waals surface area contributed by atoms with Crippen LogP contribution in [-0.4, -0.2) is 24.3 Å². The van der Waals surface area contributed by atoms with Crippen LogP contribution < -0.4 is 5.32 Å². The highest BCUT2D eigenvalue weighted by atomic mass is 16.2. The van der Waals surface area contributed by atoms with E-state index in [4.69, 9.17) is 10.4 Å². The van der Waals surface area contributed by atoms with Crippen molar-refractivity contribution in [3.8, 4) is 6.07 Å². The first-order valence-corrected chi connectivity index (χ1v) is 6.19. The molecule has 90 valence electrons. The van der Waals surface area contributed by atoms with Crippen LogP contribution in [0, 0.1) is 11.3 Å². The van der Waals surface area contributed by atoms with Crippen molar-refractivity contribution in [1.82, 2.24) is 5.32 Å². The van der Waals surface area contributed by atoms with Crippen molar-refractivity contribution in [3.05, 3.63) is 34.9 Å². The fraction of sp³-hybridized carbons (Fsp3) is 0.500. The van der Waals surface area contributed by atoms with Crippen LogP contribution in [-0.2, 0) is 12.8 Å². The van der Waals surface area contributed by atoms with E-state index in [0.29, 0.717) is 18.0 Å². The minimum atomic E-state index is 0.139. The van der Waals surface area contributed by atoms with Gasteiger partial charge in [-0.15, -0.1) is 0 Å². The number of hydrogen-bond donors (Lipinski definition) is 2. The van der Waals surface area contributed by atoms with Crippen LogP contribution in [0.1, 0.15) is 29.5 Å². The highest BCUT2D eigenvalue weighted by Gasteiger charge is 2.16. The molecule has 0 aliphatic carbocycles. The number of hydrogen-bond acceptors (Lipinski definition) is 3. The van der Waals surface area contributed by atoms with E-state index in [-0.39, 0.29) is 6.61 Å². The lowest BCUT2D eigenvalue weighted by atomic mass is 9.96. The Morgan fingerprint density at radius 2 is 2.29 bits per heavy atom. The number of rotatable bonds is 4. The van der Waals surface area contributed by atoms with Gasteiger partial charge in [0.1, 0.15) is 0 Å². The molecule has 1 aromatic carbocycles. The van der Waals surface area contributed by atoms with E-state index in [1.807, 2.05) is 18.2 Å². The Hall–Kier alpha value is -1.37. The number of aliphatic hydroxyl groups is 1. The fourth-order valence-electron chi connectivity index (χ4n) is 2.44. The largest absolute Gasteiger partial charge is 0.396 e. The summed E-state index contributed by atoms with van der Waals surface area (Å²) in [4.78, 5) is 0. The highest BCUT2D eigenvalue weighted by molar-refractivity contribution is 5.38. The third-order valence-corrected chi connectivity index (χ3v) is 3.35. The number of aliphatic hydroxyl groups excluding tert-OH is 1. The van der Waals surface area contributed by atoms with Crippen LogP contribution in [0.3, 0.4) is 0 Å². The zero-order chi connectivity index (χ0) is 12.1. The Kier molecular flexibility index (Phi) is 4.13. The predicted molar refractivity (Wildman–Crippen MR) is 66.7 cm³/mol. The zero-order valence-corrected chi connectivity index (χ0v) is 9.95. The maximum Gasteiger partial charge on any atom is 0.0991 e. The van der Waals surface area contributed by atoms with Gasteiger partial charge in [0.15, 0.2) is 0 Å². The third kappa shape index (κ3) is 3.06. The highest BCUT2D eigenvalue weighted by Crippen LogP contribution is 2.18. The van der Waals surface area contributed by atoms with Gasteiger partial charge in [0, 0.05) is 12.6 Å². The quantitative estimate of drug-likeness (QED) is 0.821. The van der Waals surface area contributed by atoms with Gasteiger partial charge in [-0.2, -0.15) is 5.26 Å². The second-order valence-corrected chi connectivity index (χ2v) is 4.57. The molecule has 1 aromatic rings. The van der Waals surface area contributed by atoms with Crippen LogP contribution in [0.4, 0.5) is 0 Å². The molecule has 17 heavy (non-hydrogen) atoms. The minimum absolute atomic E-state index is 0.139. The van der Waals surface area contributed by atoms with Crippen LogP contribution in [0.5, 0.6) is 0 Å². The number of nitrogens with zero attached hydrogens (tertiary/aromatic N) is 1. The number of benzene rings is 1. The van der Waals surface area contributed by atoms with Crippen molar-refractivity contribution in [2.45, 2.75) is 31.7 Å². The number of nitriles is 1. The molecular weight excluding hydrogens is 212 g/mol. The molecule has 2 rings (SSSR count). The lowest BCUT2D eigenvalue weighted by molar-refractivity contribution is 0.299. The van der Waals surface area contributed by atoms with E-state index in [1.54, 1.807) is 0 Å². The average Bonchev–Trinajstić information content (AvgIpc) is 2.84. The smallest absolute Gasteiger partial charge is 0.0991 e. The summed E-state index contributed by atoms with van der Waals surface area (Å²) < 4.78 is 0. The standard InChI is InChI=1S/C14H18N2O/c15-10-11-3-4-12(13(8-11)5-7-17)9-14-2-1-6-16-14/h3-4,8,14,16-17H,1-2,5-7,9H2. The summed E-state index contributed by atoms with van der Waals surface area (Å²) in [7, 11) is 0. The van der Waals surface area contributed by atoms with E-state index in [0.717, 1.165) is 18.5 Å². The fourth-order valence-corrected chi connectivity index (χ4v) is 2.44. The zero-order valence-electron chi connectivity index (χ0n) is 9.95. The molecule has 1 fully saturated rings. The molecule has 0 radical (unpaired) electrons. The molecule has 2 N–H and O–H groups in total. The molecule has 0 spiro atoms. The maximum absolute atomic E-state index is 9.07. The summed E-state index contributed by atoms with van der Waals surface area (Å²) in [5.74, 6) is 0. The van der Waals surface area contributed by atoms with Crippen molar-refractivity contribution in [3.63, 3.8) is 0 Å².